The smallest absolute Gasteiger partial charge is 0.225 e. The number of sulfone groups is 1. The highest BCUT2D eigenvalue weighted by Crippen LogP contribution is 2.38. The zero-order valence-electron chi connectivity index (χ0n) is 22.2. The van der Waals surface area contributed by atoms with Crippen molar-refractivity contribution < 1.29 is 18.6 Å². The Labute approximate surface area is 231 Å². The molecule has 4 N–H and O–H groups in total. The van der Waals surface area contributed by atoms with Crippen LogP contribution in [0.3, 0.4) is 0 Å². The van der Waals surface area contributed by atoms with Crippen LogP contribution in [0.2, 0.25) is 0 Å². The van der Waals surface area contributed by atoms with Gasteiger partial charge in [0.25, 0.3) is 0 Å². The van der Waals surface area contributed by atoms with Crippen molar-refractivity contribution >= 4 is 43.2 Å². The lowest BCUT2D eigenvalue weighted by Crippen LogP contribution is -2.36. The number of hydrogen-bond acceptors (Lipinski definition) is 11. The molecule has 3 aromatic heterocycles. The molecule has 5 atom stereocenters. The maximum Gasteiger partial charge on any atom is 0.225 e. The molecule has 0 radical (unpaired) electrons. The molecular weight excluding hydrogens is 536 g/mol. The Morgan fingerprint density at radius 3 is 2.51 bits per heavy atom. The molecule has 1 fully saturated rings. The van der Waals surface area contributed by atoms with Crippen molar-refractivity contribution in [3.63, 3.8) is 0 Å². The van der Waals surface area contributed by atoms with E-state index in [9.17, 15) is 18.6 Å². The van der Waals surface area contributed by atoms with E-state index in [1.165, 1.54) is 16.9 Å². The summed E-state index contributed by atoms with van der Waals surface area (Å²) in [5.41, 5.74) is 4.36. The van der Waals surface area contributed by atoms with E-state index in [0.29, 0.717) is 28.0 Å². The van der Waals surface area contributed by atoms with Crippen LogP contribution < -0.4 is 10.6 Å². The van der Waals surface area contributed by atoms with E-state index in [4.69, 9.17) is 15.0 Å². The van der Waals surface area contributed by atoms with Gasteiger partial charge in [0.15, 0.2) is 0 Å². The number of thiazole rings is 1. The van der Waals surface area contributed by atoms with Gasteiger partial charge in [0.2, 0.25) is 5.95 Å². The van der Waals surface area contributed by atoms with Crippen molar-refractivity contribution in [1.82, 2.24) is 19.9 Å². The minimum atomic E-state index is -3.33. The number of nitrogens with zero attached hydrogens (tertiary/aromatic N) is 4. The molecule has 1 aliphatic carbocycles. The van der Waals surface area contributed by atoms with E-state index in [1.807, 2.05) is 26.8 Å². The highest BCUT2D eigenvalue weighted by atomic mass is 32.2. The second kappa shape index (κ2) is 10.8. The molecular formula is C27H32N6O4S2. The zero-order valence-corrected chi connectivity index (χ0v) is 23.8. The van der Waals surface area contributed by atoms with Crippen molar-refractivity contribution in [2.75, 3.05) is 22.6 Å². The summed E-state index contributed by atoms with van der Waals surface area (Å²) in [5.74, 6) is 0.0522. The number of aliphatic hydroxyl groups is 2. The van der Waals surface area contributed by atoms with Gasteiger partial charge in [-0.15, -0.1) is 11.3 Å². The molecule has 4 aromatic rings. The van der Waals surface area contributed by atoms with E-state index in [-0.39, 0.29) is 18.2 Å². The monoisotopic (exact) mass is 568 g/mol. The summed E-state index contributed by atoms with van der Waals surface area (Å²) in [6.07, 6.45) is 2.48. The minimum Gasteiger partial charge on any atom is -0.390 e. The third-order valence-corrected chi connectivity index (χ3v) is 9.14. The van der Waals surface area contributed by atoms with Crippen LogP contribution in [0.15, 0.2) is 42.7 Å². The molecule has 0 aliphatic heterocycles. The molecule has 0 unspecified atom stereocenters. The predicted octanol–water partition coefficient (Wildman–Crippen LogP) is 3.51. The van der Waals surface area contributed by atoms with Gasteiger partial charge >= 0.3 is 0 Å². The van der Waals surface area contributed by atoms with Gasteiger partial charge in [-0.3, -0.25) is 4.98 Å². The summed E-state index contributed by atoms with van der Waals surface area (Å²) in [4.78, 5) is 18.4. The lowest BCUT2D eigenvalue weighted by molar-refractivity contribution is 0.0216. The topological polar surface area (TPSA) is 150 Å². The van der Waals surface area contributed by atoms with Gasteiger partial charge < -0.3 is 20.8 Å². The first-order chi connectivity index (χ1) is 18.5. The predicted molar refractivity (Wildman–Crippen MR) is 154 cm³/mol. The number of aliphatic hydroxyl groups excluding tert-OH is 2. The highest BCUT2D eigenvalue weighted by molar-refractivity contribution is 7.90. The van der Waals surface area contributed by atoms with Crippen LogP contribution in [-0.2, 0) is 9.84 Å². The summed E-state index contributed by atoms with van der Waals surface area (Å²) in [6.45, 7) is 5.94. The van der Waals surface area contributed by atoms with Gasteiger partial charge in [0, 0.05) is 18.4 Å². The Balaban J connectivity index is 1.51. The quantitative estimate of drug-likeness (QED) is 0.249. The second-order valence-corrected chi connectivity index (χ2v) is 13.5. The zero-order chi connectivity index (χ0) is 27.9. The van der Waals surface area contributed by atoms with Gasteiger partial charge in [-0.1, -0.05) is 29.8 Å². The molecule has 1 saturated carbocycles. The third kappa shape index (κ3) is 6.03. The first-order valence-electron chi connectivity index (χ1n) is 12.7. The van der Waals surface area contributed by atoms with Crippen LogP contribution >= 0.6 is 11.3 Å². The number of pyridine rings is 1. The summed E-state index contributed by atoms with van der Waals surface area (Å²) < 4.78 is 24.8. The average Bonchev–Trinajstić information content (AvgIpc) is 3.40. The van der Waals surface area contributed by atoms with E-state index in [0.717, 1.165) is 22.0 Å². The van der Waals surface area contributed by atoms with Crippen LogP contribution in [0.4, 0.5) is 11.8 Å². The molecule has 0 amide bonds. The summed E-state index contributed by atoms with van der Waals surface area (Å²) >= 11 is 1.48. The molecule has 10 nitrogen and oxygen atoms in total. The number of benzene rings is 1. The lowest BCUT2D eigenvalue weighted by Gasteiger charge is -2.22. The van der Waals surface area contributed by atoms with E-state index in [1.54, 1.807) is 12.4 Å². The SMILES string of the molecule is Cc1ccc([C@@H](C)Nc2nc(C)c(-c3nc4cnccc4s3)c(N[C@@H]3C[C@H](CS(C)(=O)=O)[C@@H](O)[C@H]3O)n2)cc1. The number of aromatic nitrogens is 4. The molecule has 0 spiro atoms. The minimum absolute atomic E-state index is 0.0738. The molecule has 206 valence electrons. The van der Waals surface area contributed by atoms with Crippen molar-refractivity contribution in [2.24, 2.45) is 5.92 Å². The van der Waals surface area contributed by atoms with Gasteiger partial charge in [0.1, 0.15) is 32.3 Å². The first kappa shape index (κ1) is 27.4. The van der Waals surface area contributed by atoms with Crippen LogP contribution in [-0.4, -0.2) is 68.8 Å². The number of anilines is 2. The Kier molecular flexibility index (Phi) is 7.55. The highest BCUT2D eigenvalue weighted by Gasteiger charge is 2.43. The van der Waals surface area contributed by atoms with E-state index >= 15 is 0 Å². The van der Waals surface area contributed by atoms with Gasteiger partial charge in [-0.2, -0.15) is 4.98 Å². The summed E-state index contributed by atoms with van der Waals surface area (Å²) in [7, 11) is -3.33. The standard InChI is InChI=1S/C27H32N6O4S2/c1-14-5-7-17(8-6-14)15(2)29-27-30-16(3)22(26-32-20-12-28-10-9-21(20)38-26)25(33-27)31-19-11-18(13-39(4,36)37)23(34)24(19)35/h5-10,12,15,18-19,23-24,34-35H,11,13H2,1-4H3,(H2,29,30,31,33)/t15-,18-,19-,23-,24+/m1/s1. The average molecular weight is 569 g/mol. The summed E-state index contributed by atoms with van der Waals surface area (Å²) in [6, 6.07) is 9.43. The van der Waals surface area contributed by atoms with Gasteiger partial charge in [0.05, 0.1) is 46.1 Å². The molecule has 3 heterocycles. The Bertz CT molecular complexity index is 1560. The second-order valence-electron chi connectivity index (χ2n) is 10.3. The Hall–Kier alpha value is -3.19. The molecule has 5 rings (SSSR count). The lowest BCUT2D eigenvalue weighted by atomic mass is 10.1. The number of rotatable bonds is 8. The van der Waals surface area contributed by atoms with Crippen LogP contribution in [0.25, 0.3) is 20.8 Å². The van der Waals surface area contributed by atoms with Crippen LogP contribution in [0, 0.1) is 19.8 Å². The first-order valence-corrected chi connectivity index (χ1v) is 15.6. The number of aryl methyl sites for hydroxylation is 2. The Morgan fingerprint density at radius 2 is 1.82 bits per heavy atom. The number of nitrogens with one attached hydrogen (secondary N) is 2. The fourth-order valence-electron chi connectivity index (χ4n) is 5.01. The van der Waals surface area contributed by atoms with E-state index in [2.05, 4.69) is 39.9 Å². The fraction of sp³-hybridized carbons (Fsp3) is 0.407. The number of fused-ring (bicyclic) bond motifs is 1. The van der Waals surface area contributed by atoms with Gasteiger partial charge in [-0.05, 0) is 38.8 Å². The van der Waals surface area contributed by atoms with Gasteiger partial charge in [-0.25, -0.2) is 18.4 Å². The molecule has 1 aliphatic rings. The molecule has 39 heavy (non-hydrogen) atoms. The van der Waals surface area contributed by atoms with Crippen molar-refractivity contribution in [2.45, 2.75) is 51.5 Å². The molecule has 12 heteroatoms. The maximum absolute atomic E-state index is 11.9. The molecule has 1 aromatic carbocycles. The van der Waals surface area contributed by atoms with Crippen LogP contribution in [0.1, 0.15) is 36.2 Å². The Morgan fingerprint density at radius 1 is 1.08 bits per heavy atom. The largest absolute Gasteiger partial charge is 0.390 e. The molecule has 0 bridgehead atoms. The fourth-order valence-corrected chi connectivity index (χ4v) is 7.16. The van der Waals surface area contributed by atoms with Crippen molar-refractivity contribution in [3.05, 3.63) is 59.5 Å². The van der Waals surface area contributed by atoms with Crippen molar-refractivity contribution in [1.29, 1.82) is 0 Å². The normalized spacial score (nSPS) is 22.2. The number of hydrogen-bond donors (Lipinski definition) is 4. The van der Waals surface area contributed by atoms with E-state index < -0.39 is 34.0 Å². The molecule has 0 saturated heterocycles. The van der Waals surface area contributed by atoms with Crippen LogP contribution in [0.5, 0.6) is 0 Å². The van der Waals surface area contributed by atoms with Crippen molar-refractivity contribution in [3.8, 4) is 10.6 Å². The maximum atomic E-state index is 11.9. The summed E-state index contributed by atoms with van der Waals surface area (Å²) in [5, 5.41) is 28.8. The third-order valence-electron chi connectivity index (χ3n) is 7.06.